The Balaban J connectivity index is 1.46. The molecule has 30 heavy (non-hydrogen) atoms. The van der Waals surface area contributed by atoms with E-state index in [1.54, 1.807) is 23.6 Å². The molecule has 0 aliphatic heterocycles. The Bertz CT molecular complexity index is 1170. The molecular formula is C21H17N3O3S3. The summed E-state index contributed by atoms with van der Waals surface area (Å²) in [5.74, 6) is -0.561. The zero-order valence-electron chi connectivity index (χ0n) is 16.2. The van der Waals surface area contributed by atoms with Crippen molar-refractivity contribution in [3.05, 3.63) is 69.5 Å². The zero-order chi connectivity index (χ0) is 21.1. The molecule has 4 aromatic rings. The van der Waals surface area contributed by atoms with E-state index in [1.165, 1.54) is 34.5 Å². The van der Waals surface area contributed by atoms with Crippen molar-refractivity contribution in [3.8, 4) is 9.88 Å². The maximum atomic E-state index is 12.6. The largest absolute Gasteiger partial charge is 0.455 e. The van der Waals surface area contributed by atoms with E-state index in [0.717, 1.165) is 15.6 Å². The fraction of sp³-hybridized carbons (Fsp3) is 0.143. The number of nitrogens with zero attached hydrogens (tertiary/aromatic N) is 3. The predicted octanol–water partition coefficient (Wildman–Crippen LogP) is 5.68. The van der Waals surface area contributed by atoms with Crippen LogP contribution in [0.25, 0.3) is 9.88 Å². The van der Waals surface area contributed by atoms with Gasteiger partial charge in [0.25, 0.3) is 0 Å². The number of anilines is 2. The van der Waals surface area contributed by atoms with Crippen LogP contribution in [0.1, 0.15) is 28.0 Å². The molecule has 0 radical (unpaired) electrons. The highest BCUT2D eigenvalue weighted by atomic mass is 32.1. The molecule has 0 saturated heterocycles. The molecule has 3 aromatic heterocycles. The summed E-state index contributed by atoms with van der Waals surface area (Å²) < 4.78 is 5.46. The summed E-state index contributed by atoms with van der Waals surface area (Å²) in [6, 6.07) is 13.2. The lowest BCUT2D eigenvalue weighted by molar-refractivity contribution is -0.115. The number of carbonyl (C=O) groups excluding carboxylic acids is 2. The molecule has 152 valence electrons. The van der Waals surface area contributed by atoms with E-state index in [4.69, 9.17) is 4.74 Å². The van der Waals surface area contributed by atoms with Crippen molar-refractivity contribution in [2.75, 3.05) is 4.90 Å². The number of ether oxygens (including phenoxy) is 1. The van der Waals surface area contributed by atoms with Crippen molar-refractivity contribution in [2.45, 2.75) is 20.5 Å². The third-order valence-electron chi connectivity index (χ3n) is 4.13. The molecule has 4 rings (SSSR count). The Kier molecular flexibility index (Phi) is 6.03. The van der Waals surface area contributed by atoms with E-state index < -0.39 is 5.97 Å². The van der Waals surface area contributed by atoms with Gasteiger partial charge in [-0.15, -0.1) is 34.0 Å². The second-order valence-corrected chi connectivity index (χ2v) is 9.08. The third-order valence-corrected chi connectivity index (χ3v) is 7.18. The molecule has 0 bridgehead atoms. The number of aryl methyl sites for hydroxylation is 1. The van der Waals surface area contributed by atoms with E-state index in [9.17, 15) is 9.59 Å². The minimum atomic E-state index is -0.422. The summed E-state index contributed by atoms with van der Waals surface area (Å²) in [7, 11) is 0. The van der Waals surface area contributed by atoms with Gasteiger partial charge in [-0.1, -0.05) is 24.3 Å². The predicted molar refractivity (Wildman–Crippen MR) is 121 cm³/mol. The van der Waals surface area contributed by atoms with Crippen LogP contribution in [0.3, 0.4) is 0 Å². The Hall–Kier alpha value is -2.88. The second-order valence-electron chi connectivity index (χ2n) is 6.30. The average molecular weight is 456 g/mol. The molecule has 1 aromatic carbocycles. The standard InChI is InChI=1S/C21H17N3O3S3/c1-13-18(30-19(22-13)17-9-6-10-28-17)20(26)27-11-15-12-29-21(23-15)24(14(2)25)16-7-4-3-5-8-16/h3-10,12H,11H2,1-2H3. The molecule has 1 amide bonds. The van der Waals surface area contributed by atoms with Crippen LogP contribution < -0.4 is 4.90 Å². The molecule has 3 heterocycles. The fourth-order valence-electron chi connectivity index (χ4n) is 2.77. The summed E-state index contributed by atoms with van der Waals surface area (Å²) in [6.07, 6.45) is 0. The monoisotopic (exact) mass is 455 g/mol. The number of hydrogen-bond donors (Lipinski definition) is 0. The van der Waals surface area contributed by atoms with E-state index in [0.29, 0.717) is 21.4 Å². The number of carbonyl (C=O) groups is 2. The third kappa shape index (κ3) is 4.33. The maximum Gasteiger partial charge on any atom is 0.350 e. The first kappa shape index (κ1) is 20.4. The van der Waals surface area contributed by atoms with Crippen molar-refractivity contribution in [3.63, 3.8) is 0 Å². The van der Waals surface area contributed by atoms with Crippen LogP contribution in [-0.4, -0.2) is 21.8 Å². The molecule has 0 aliphatic rings. The van der Waals surface area contributed by atoms with Gasteiger partial charge in [-0.25, -0.2) is 14.8 Å². The topological polar surface area (TPSA) is 72.4 Å². The number of hydrogen-bond acceptors (Lipinski definition) is 8. The molecule has 9 heteroatoms. The number of para-hydroxylation sites is 1. The maximum absolute atomic E-state index is 12.6. The Morgan fingerprint density at radius 1 is 1.07 bits per heavy atom. The minimum absolute atomic E-state index is 0.0293. The van der Waals surface area contributed by atoms with E-state index in [-0.39, 0.29) is 12.5 Å². The summed E-state index contributed by atoms with van der Waals surface area (Å²) in [5, 5.41) is 5.11. The van der Waals surface area contributed by atoms with Crippen LogP contribution in [-0.2, 0) is 16.1 Å². The molecule has 6 nitrogen and oxygen atoms in total. The Morgan fingerprint density at radius 2 is 1.87 bits per heavy atom. The SMILES string of the molecule is CC(=O)N(c1ccccc1)c1nc(COC(=O)c2sc(-c3cccs3)nc2C)cs1. The van der Waals surface area contributed by atoms with E-state index >= 15 is 0 Å². The zero-order valence-corrected chi connectivity index (χ0v) is 18.6. The average Bonchev–Trinajstić information content (AvgIpc) is 3.48. The summed E-state index contributed by atoms with van der Waals surface area (Å²) >= 11 is 4.23. The molecule has 0 N–H and O–H groups in total. The van der Waals surface area contributed by atoms with Gasteiger partial charge in [0.2, 0.25) is 5.91 Å². The van der Waals surface area contributed by atoms with Crippen LogP contribution in [0.5, 0.6) is 0 Å². The molecule has 0 spiro atoms. The second kappa shape index (κ2) is 8.86. The normalized spacial score (nSPS) is 10.7. The number of aromatic nitrogens is 2. The summed E-state index contributed by atoms with van der Waals surface area (Å²) in [6.45, 7) is 3.32. The first-order chi connectivity index (χ1) is 14.5. The molecule has 0 saturated carbocycles. The van der Waals surface area contributed by atoms with E-state index in [2.05, 4.69) is 9.97 Å². The van der Waals surface area contributed by atoms with Crippen LogP contribution >= 0.6 is 34.0 Å². The van der Waals surface area contributed by atoms with Crippen molar-refractivity contribution in [1.82, 2.24) is 9.97 Å². The van der Waals surface area contributed by atoms with Crippen LogP contribution in [0.2, 0.25) is 0 Å². The van der Waals surface area contributed by atoms with Gasteiger partial charge >= 0.3 is 5.97 Å². The first-order valence-corrected chi connectivity index (χ1v) is 11.6. The molecule has 0 atom stereocenters. The van der Waals surface area contributed by atoms with Crippen molar-refractivity contribution in [1.29, 1.82) is 0 Å². The number of thiazole rings is 2. The van der Waals surface area contributed by atoms with Crippen LogP contribution in [0.4, 0.5) is 10.8 Å². The number of esters is 1. The van der Waals surface area contributed by atoms with Gasteiger partial charge < -0.3 is 4.74 Å². The van der Waals surface area contributed by atoms with Crippen molar-refractivity contribution in [2.24, 2.45) is 0 Å². The highest BCUT2D eigenvalue weighted by Crippen LogP contribution is 2.32. The van der Waals surface area contributed by atoms with Gasteiger partial charge in [-0.05, 0) is 30.5 Å². The number of rotatable bonds is 6. The summed E-state index contributed by atoms with van der Waals surface area (Å²) in [4.78, 5) is 36.7. The highest BCUT2D eigenvalue weighted by Gasteiger charge is 2.20. The highest BCUT2D eigenvalue weighted by molar-refractivity contribution is 7.22. The number of thiophene rings is 1. The molecule has 0 aliphatic carbocycles. The van der Waals surface area contributed by atoms with Crippen LogP contribution in [0.15, 0.2) is 53.2 Å². The number of benzene rings is 1. The molecule has 0 unspecified atom stereocenters. The van der Waals surface area contributed by atoms with Gasteiger partial charge in [0.05, 0.1) is 22.0 Å². The lowest BCUT2D eigenvalue weighted by atomic mass is 10.3. The van der Waals surface area contributed by atoms with Crippen molar-refractivity contribution >= 4 is 56.7 Å². The smallest absolute Gasteiger partial charge is 0.350 e. The van der Waals surface area contributed by atoms with Gasteiger partial charge in [0.15, 0.2) is 5.13 Å². The first-order valence-electron chi connectivity index (χ1n) is 9.01. The van der Waals surface area contributed by atoms with Gasteiger partial charge in [-0.3, -0.25) is 9.69 Å². The minimum Gasteiger partial charge on any atom is -0.455 e. The quantitative estimate of drug-likeness (QED) is 0.350. The summed E-state index contributed by atoms with van der Waals surface area (Å²) in [5.41, 5.74) is 1.98. The lowest BCUT2D eigenvalue weighted by Crippen LogP contribution is -2.22. The van der Waals surface area contributed by atoms with Crippen LogP contribution in [0, 0.1) is 6.92 Å². The molecular weight excluding hydrogens is 438 g/mol. The van der Waals surface area contributed by atoms with Crippen molar-refractivity contribution < 1.29 is 14.3 Å². The van der Waals surface area contributed by atoms with E-state index in [1.807, 2.05) is 47.8 Å². The molecule has 0 fully saturated rings. The van der Waals surface area contributed by atoms with Gasteiger partial charge in [0.1, 0.15) is 16.5 Å². The Labute approximate surface area is 185 Å². The Morgan fingerprint density at radius 3 is 2.57 bits per heavy atom. The van der Waals surface area contributed by atoms with Gasteiger partial charge in [-0.2, -0.15) is 0 Å². The fourth-order valence-corrected chi connectivity index (χ4v) is 5.39. The number of amides is 1. The van der Waals surface area contributed by atoms with Gasteiger partial charge in [0, 0.05) is 12.3 Å². The lowest BCUT2D eigenvalue weighted by Gasteiger charge is -2.17.